The molecule has 0 aliphatic heterocycles. The summed E-state index contributed by atoms with van der Waals surface area (Å²) in [6.07, 6.45) is -4.63. The van der Waals surface area contributed by atoms with E-state index in [0.717, 1.165) is 6.07 Å². The largest absolute Gasteiger partial charge is 0.481 e. The summed E-state index contributed by atoms with van der Waals surface area (Å²) in [6.45, 7) is 1.66. The van der Waals surface area contributed by atoms with Crippen molar-refractivity contribution in [2.45, 2.75) is 32.0 Å². The maximum absolute atomic E-state index is 12.5. The maximum atomic E-state index is 12.5. The van der Waals surface area contributed by atoms with Gasteiger partial charge in [-0.3, -0.25) is 14.9 Å². The molecular weight excluding hydrogens is 293 g/mol. The smallest absolute Gasteiger partial charge is 0.416 e. The van der Waals surface area contributed by atoms with E-state index < -0.39 is 34.4 Å². The number of nitrogens with one attached hydrogen (secondary N) is 1. The molecule has 0 heterocycles. The Kier molecular flexibility index (Phi) is 5.12. The highest BCUT2D eigenvalue weighted by atomic mass is 19.4. The van der Waals surface area contributed by atoms with Crippen LogP contribution in [0.25, 0.3) is 0 Å². The topological polar surface area (TPSA) is 92.5 Å². The van der Waals surface area contributed by atoms with Crippen molar-refractivity contribution in [2.75, 3.05) is 5.32 Å². The Morgan fingerprint density at radius 3 is 2.52 bits per heavy atom. The number of rotatable bonds is 6. The molecule has 21 heavy (non-hydrogen) atoms. The number of nitro groups is 1. The van der Waals surface area contributed by atoms with Crippen LogP contribution < -0.4 is 5.32 Å². The van der Waals surface area contributed by atoms with E-state index in [1.165, 1.54) is 0 Å². The quantitative estimate of drug-likeness (QED) is 0.621. The zero-order valence-corrected chi connectivity index (χ0v) is 11.0. The normalized spacial score (nSPS) is 12.8. The van der Waals surface area contributed by atoms with Crippen LogP contribution in [0, 0.1) is 10.1 Å². The van der Waals surface area contributed by atoms with Crippen LogP contribution in [0.3, 0.4) is 0 Å². The summed E-state index contributed by atoms with van der Waals surface area (Å²) in [5, 5.41) is 22.2. The van der Waals surface area contributed by atoms with Crippen LogP contribution in [-0.4, -0.2) is 22.0 Å². The Bertz CT molecular complexity index is 546. The van der Waals surface area contributed by atoms with Gasteiger partial charge in [0.25, 0.3) is 5.69 Å². The number of hydrogen-bond acceptors (Lipinski definition) is 4. The van der Waals surface area contributed by atoms with Crippen LogP contribution >= 0.6 is 0 Å². The molecule has 9 heteroatoms. The second kappa shape index (κ2) is 6.42. The van der Waals surface area contributed by atoms with Crippen molar-refractivity contribution < 1.29 is 28.0 Å². The molecule has 1 rings (SSSR count). The van der Waals surface area contributed by atoms with Gasteiger partial charge in [0.15, 0.2) is 0 Å². The molecule has 0 aliphatic carbocycles. The van der Waals surface area contributed by atoms with E-state index in [-0.39, 0.29) is 12.1 Å². The Balaban J connectivity index is 3.12. The molecule has 0 spiro atoms. The van der Waals surface area contributed by atoms with Gasteiger partial charge in [-0.1, -0.05) is 6.92 Å². The van der Waals surface area contributed by atoms with Crippen molar-refractivity contribution in [2.24, 2.45) is 0 Å². The van der Waals surface area contributed by atoms with E-state index in [2.05, 4.69) is 5.32 Å². The van der Waals surface area contributed by atoms with Crippen LogP contribution in [0.1, 0.15) is 25.3 Å². The molecule has 116 valence electrons. The Morgan fingerprint density at radius 1 is 1.48 bits per heavy atom. The van der Waals surface area contributed by atoms with Crippen LogP contribution in [-0.2, 0) is 11.0 Å². The summed E-state index contributed by atoms with van der Waals surface area (Å²) >= 11 is 0. The third-order valence-electron chi connectivity index (χ3n) is 2.80. The molecule has 0 aliphatic rings. The molecule has 1 atom stereocenters. The fourth-order valence-corrected chi connectivity index (χ4v) is 1.71. The first kappa shape index (κ1) is 16.7. The van der Waals surface area contributed by atoms with Crippen molar-refractivity contribution in [1.82, 2.24) is 0 Å². The molecule has 2 N–H and O–H groups in total. The number of aliphatic carboxylic acids is 1. The van der Waals surface area contributed by atoms with Gasteiger partial charge in [0, 0.05) is 12.1 Å². The lowest BCUT2D eigenvalue weighted by Crippen LogP contribution is -2.22. The maximum Gasteiger partial charge on any atom is 0.416 e. The third-order valence-corrected chi connectivity index (χ3v) is 2.80. The van der Waals surface area contributed by atoms with Crippen molar-refractivity contribution in [3.63, 3.8) is 0 Å². The monoisotopic (exact) mass is 306 g/mol. The van der Waals surface area contributed by atoms with Gasteiger partial charge >= 0.3 is 12.1 Å². The van der Waals surface area contributed by atoms with Crippen LogP contribution in [0.2, 0.25) is 0 Å². The molecule has 0 saturated heterocycles. The average molecular weight is 306 g/mol. The minimum Gasteiger partial charge on any atom is -0.481 e. The number of benzene rings is 1. The van der Waals surface area contributed by atoms with Gasteiger partial charge in [0.1, 0.15) is 5.69 Å². The van der Waals surface area contributed by atoms with Gasteiger partial charge < -0.3 is 10.4 Å². The molecule has 0 fully saturated rings. The predicted molar refractivity (Wildman–Crippen MR) is 68.1 cm³/mol. The second-order valence-electron chi connectivity index (χ2n) is 4.33. The summed E-state index contributed by atoms with van der Waals surface area (Å²) in [7, 11) is 0. The minimum atomic E-state index is -4.69. The van der Waals surface area contributed by atoms with E-state index in [9.17, 15) is 28.1 Å². The number of alkyl halides is 3. The summed E-state index contributed by atoms with van der Waals surface area (Å²) < 4.78 is 37.6. The Labute approximate surface area is 117 Å². The van der Waals surface area contributed by atoms with Gasteiger partial charge in [-0.25, -0.2) is 0 Å². The molecule has 0 saturated carbocycles. The lowest BCUT2D eigenvalue weighted by Gasteiger charge is -2.17. The van der Waals surface area contributed by atoms with Crippen molar-refractivity contribution in [3.05, 3.63) is 33.9 Å². The molecule has 0 bridgehead atoms. The zero-order chi connectivity index (χ0) is 16.2. The van der Waals surface area contributed by atoms with E-state index in [1.807, 2.05) is 0 Å². The van der Waals surface area contributed by atoms with Gasteiger partial charge in [-0.2, -0.15) is 13.2 Å². The number of hydrogen-bond donors (Lipinski definition) is 2. The van der Waals surface area contributed by atoms with Gasteiger partial charge in [0.2, 0.25) is 0 Å². The highest BCUT2D eigenvalue weighted by Gasteiger charge is 2.33. The van der Waals surface area contributed by atoms with E-state index in [0.29, 0.717) is 18.6 Å². The average Bonchev–Trinajstić information content (AvgIpc) is 2.36. The van der Waals surface area contributed by atoms with Crippen LogP contribution in [0.15, 0.2) is 18.2 Å². The van der Waals surface area contributed by atoms with Gasteiger partial charge in [-0.05, 0) is 18.6 Å². The second-order valence-corrected chi connectivity index (χ2v) is 4.33. The molecule has 1 aromatic carbocycles. The fraction of sp³-hybridized carbons (Fsp3) is 0.417. The molecule has 6 nitrogen and oxygen atoms in total. The molecule has 0 radical (unpaired) electrons. The van der Waals surface area contributed by atoms with Crippen molar-refractivity contribution in [3.8, 4) is 0 Å². The standard InChI is InChI=1S/C12H13F3N2O4/c1-2-8(6-11(18)19)16-9-4-3-7(12(13,14)15)5-10(9)17(20)21/h3-5,8,16H,2,6H2,1H3,(H,18,19). The van der Waals surface area contributed by atoms with Gasteiger partial charge in [0.05, 0.1) is 16.9 Å². The number of nitrogens with zero attached hydrogens (tertiary/aromatic N) is 1. The number of nitro benzene ring substituents is 1. The lowest BCUT2D eigenvalue weighted by molar-refractivity contribution is -0.384. The first-order valence-corrected chi connectivity index (χ1v) is 5.99. The third kappa shape index (κ3) is 4.62. The predicted octanol–water partition coefficient (Wildman–Crippen LogP) is 3.28. The van der Waals surface area contributed by atoms with Crippen molar-refractivity contribution >= 4 is 17.3 Å². The summed E-state index contributed by atoms with van der Waals surface area (Å²) in [4.78, 5) is 20.6. The van der Waals surface area contributed by atoms with Crippen LogP contribution in [0.5, 0.6) is 0 Å². The fourth-order valence-electron chi connectivity index (χ4n) is 1.71. The van der Waals surface area contributed by atoms with E-state index in [4.69, 9.17) is 5.11 Å². The van der Waals surface area contributed by atoms with Crippen LogP contribution in [0.4, 0.5) is 24.5 Å². The number of carbonyl (C=O) groups is 1. The first-order chi connectivity index (χ1) is 9.65. The Hall–Kier alpha value is -2.32. The highest BCUT2D eigenvalue weighted by Crippen LogP contribution is 2.35. The van der Waals surface area contributed by atoms with E-state index >= 15 is 0 Å². The lowest BCUT2D eigenvalue weighted by atomic mass is 10.1. The highest BCUT2D eigenvalue weighted by molar-refractivity contribution is 5.69. The molecular formula is C12H13F3N2O4. The first-order valence-electron chi connectivity index (χ1n) is 5.99. The Morgan fingerprint density at radius 2 is 2.10 bits per heavy atom. The molecule has 1 unspecified atom stereocenters. The SMILES string of the molecule is CCC(CC(=O)O)Nc1ccc(C(F)(F)F)cc1[N+](=O)[O-]. The summed E-state index contributed by atoms with van der Waals surface area (Å²) in [5.41, 5.74) is -2.01. The number of carboxylic acids is 1. The van der Waals surface area contributed by atoms with Gasteiger partial charge in [-0.15, -0.1) is 0 Å². The van der Waals surface area contributed by atoms with Crippen molar-refractivity contribution in [1.29, 1.82) is 0 Å². The number of carboxylic acid groups (broad SMARTS) is 1. The molecule has 0 amide bonds. The number of anilines is 1. The minimum absolute atomic E-state index is 0.138. The van der Waals surface area contributed by atoms with E-state index in [1.54, 1.807) is 6.92 Å². The number of halogens is 3. The zero-order valence-electron chi connectivity index (χ0n) is 11.0. The summed E-state index contributed by atoms with van der Waals surface area (Å²) in [6, 6.07) is 1.46. The summed E-state index contributed by atoms with van der Waals surface area (Å²) in [5.74, 6) is -1.11. The molecule has 1 aromatic rings. The molecule has 0 aromatic heterocycles.